The van der Waals surface area contributed by atoms with Crippen molar-refractivity contribution >= 4 is 5.91 Å². The molecule has 3 heterocycles. The van der Waals surface area contributed by atoms with E-state index in [1.807, 2.05) is 0 Å². The average molecular weight is 387 g/mol. The summed E-state index contributed by atoms with van der Waals surface area (Å²) in [6.45, 7) is 4.96. The molecule has 0 aromatic carbocycles. The SMILES string of the molecule is O=C(NC[C@H]1CC[C@]2(COCCN(C[C@H]3C[C@@H]4C=C[C@H]3C4)C2)O1)c1ccno1. The fraction of sp³-hybridized carbons (Fsp3) is 0.714. The van der Waals surface area contributed by atoms with Gasteiger partial charge in [-0.2, -0.15) is 0 Å². The van der Waals surface area contributed by atoms with Crippen LogP contribution in [0.4, 0.5) is 0 Å². The summed E-state index contributed by atoms with van der Waals surface area (Å²) >= 11 is 0. The standard InChI is InChI=1S/C21H29N3O4/c25-20(19-4-6-23-28-19)22-11-18-3-5-21(27-18)13-24(7-8-26-14-21)12-17-10-15-1-2-16(17)9-15/h1-2,4,6,15-18H,3,5,7-14H2,(H,22,25)/t15-,16+,17-,18-,21+/m1/s1. The maximum absolute atomic E-state index is 12.1. The zero-order valence-electron chi connectivity index (χ0n) is 16.2. The molecule has 1 saturated carbocycles. The minimum absolute atomic E-state index is 0.0147. The van der Waals surface area contributed by atoms with E-state index in [2.05, 4.69) is 27.5 Å². The molecule has 1 amide bonds. The largest absolute Gasteiger partial charge is 0.377 e. The summed E-state index contributed by atoms with van der Waals surface area (Å²) in [7, 11) is 0. The molecule has 28 heavy (non-hydrogen) atoms. The highest BCUT2D eigenvalue weighted by molar-refractivity contribution is 5.91. The number of rotatable bonds is 5. The van der Waals surface area contributed by atoms with Crippen LogP contribution in [0.25, 0.3) is 0 Å². The fourth-order valence-corrected chi connectivity index (χ4v) is 5.46. The maximum atomic E-state index is 12.1. The Bertz CT molecular complexity index is 721. The number of hydrogen-bond acceptors (Lipinski definition) is 6. The number of hydrogen-bond donors (Lipinski definition) is 1. The van der Waals surface area contributed by atoms with Gasteiger partial charge in [-0.25, -0.2) is 0 Å². The van der Waals surface area contributed by atoms with E-state index in [0.29, 0.717) is 13.2 Å². The Labute approximate surface area is 165 Å². The van der Waals surface area contributed by atoms with Gasteiger partial charge in [-0.3, -0.25) is 9.69 Å². The van der Waals surface area contributed by atoms with Gasteiger partial charge in [0.1, 0.15) is 5.60 Å². The summed E-state index contributed by atoms with van der Waals surface area (Å²) in [6.07, 6.45) is 10.9. The Kier molecular flexibility index (Phi) is 4.99. The second-order valence-corrected chi connectivity index (χ2v) is 8.88. The van der Waals surface area contributed by atoms with Crippen molar-refractivity contribution in [2.45, 2.75) is 37.4 Å². The van der Waals surface area contributed by atoms with Gasteiger partial charge in [0, 0.05) is 32.2 Å². The van der Waals surface area contributed by atoms with Crippen LogP contribution in [0.15, 0.2) is 28.9 Å². The first kappa shape index (κ1) is 18.3. The Morgan fingerprint density at radius 3 is 3.11 bits per heavy atom. The van der Waals surface area contributed by atoms with Gasteiger partial charge in [-0.05, 0) is 43.4 Å². The first-order valence-corrected chi connectivity index (χ1v) is 10.5. The molecule has 5 atom stereocenters. The van der Waals surface area contributed by atoms with Crippen LogP contribution in [-0.2, 0) is 9.47 Å². The number of carbonyl (C=O) groups excluding carboxylic acids is 1. The Balaban J connectivity index is 1.15. The van der Waals surface area contributed by atoms with Crippen molar-refractivity contribution < 1.29 is 18.8 Å². The van der Waals surface area contributed by atoms with Gasteiger partial charge >= 0.3 is 0 Å². The summed E-state index contributed by atoms with van der Waals surface area (Å²) in [6, 6.07) is 1.56. The van der Waals surface area contributed by atoms with Crippen molar-refractivity contribution in [1.82, 2.24) is 15.4 Å². The van der Waals surface area contributed by atoms with Crippen molar-refractivity contribution in [3.05, 3.63) is 30.2 Å². The highest BCUT2D eigenvalue weighted by atomic mass is 16.6. The number of allylic oxidation sites excluding steroid dienone is 2. The van der Waals surface area contributed by atoms with Crippen LogP contribution in [0.2, 0.25) is 0 Å². The molecule has 4 aliphatic rings. The van der Waals surface area contributed by atoms with Crippen LogP contribution in [0.5, 0.6) is 0 Å². The molecular weight excluding hydrogens is 358 g/mol. The fourth-order valence-electron chi connectivity index (χ4n) is 5.46. The van der Waals surface area contributed by atoms with Crippen LogP contribution in [-0.4, -0.2) is 67.1 Å². The lowest BCUT2D eigenvalue weighted by Gasteiger charge is -2.34. The third-order valence-corrected chi connectivity index (χ3v) is 6.83. The third kappa shape index (κ3) is 3.75. The van der Waals surface area contributed by atoms with Gasteiger partial charge in [-0.1, -0.05) is 17.3 Å². The second-order valence-electron chi connectivity index (χ2n) is 8.88. The smallest absolute Gasteiger partial charge is 0.289 e. The zero-order chi connectivity index (χ0) is 19.0. The lowest BCUT2D eigenvalue weighted by molar-refractivity contribution is -0.0852. The molecule has 7 heteroatoms. The van der Waals surface area contributed by atoms with E-state index < -0.39 is 0 Å². The van der Waals surface area contributed by atoms with Gasteiger partial charge in [0.2, 0.25) is 5.76 Å². The summed E-state index contributed by atoms with van der Waals surface area (Å²) in [5.41, 5.74) is -0.244. The van der Waals surface area contributed by atoms with Crippen molar-refractivity contribution in [2.75, 3.05) is 39.4 Å². The molecule has 1 spiro atoms. The monoisotopic (exact) mass is 387 g/mol. The molecule has 2 bridgehead atoms. The van der Waals surface area contributed by atoms with E-state index in [-0.39, 0.29) is 23.4 Å². The van der Waals surface area contributed by atoms with Crippen molar-refractivity contribution in [2.24, 2.45) is 17.8 Å². The highest BCUT2D eigenvalue weighted by Gasteiger charge is 2.44. The molecule has 2 aliphatic heterocycles. The number of nitrogens with zero attached hydrogens (tertiary/aromatic N) is 2. The topological polar surface area (TPSA) is 76.8 Å². The maximum Gasteiger partial charge on any atom is 0.289 e. The van der Waals surface area contributed by atoms with E-state index >= 15 is 0 Å². The molecular formula is C21H29N3O4. The van der Waals surface area contributed by atoms with Gasteiger partial charge < -0.3 is 19.3 Å². The van der Waals surface area contributed by atoms with Crippen LogP contribution >= 0.6 is 0 Å². The van der Waals surface area contributed by atoms with Crippen LogP contribution < -0.4 is 5.32 Å². The summed E-state index contributed by atoms with van der Waals surface area (Å²) < 4.78 is 17.3. The predicted octanol–water partition coefficient (Wildman–Crippen LogP) is 1.87. The van der Waals surface area contributed by atoms with Crippen molar-refractivity contribution in [3.8, 4) is 0 Å². The van der Waals surface area contributed by atoms with E-state index in [0.717, 1.165) is 56.8 Å². The summed E-state index contributed by atoms with van der Waals surface area (Å²) in [5, 5.41) is 6.47. The van der Waals surface area contributed by atoms with Crippen molar-refractivity contribution in [1.29, 1.82) is 0 Å². The Morgan fingerprint density at radius 1 is 1.36 bits per heavy atom. The molecule has 2 saturated heterocycles. The highest BCUT2D eigenvalue weighted by Crippen LogP contribution is 2.44. The zero-order valence-corrected chi connectivity index (χ0v) is 16.2. The number of nitrogens with one attached hydrogen (secondary N) is 1. The van der Waals surface area contributed by atoms with E-state index in [1.165, 1.54) is 19.0 Å². The first-order chi connectivity index (χ1) is 13.7. The van der Waals surface area contributed by atoms with Gasteiger partial charge in [0.25, 0.3) is 5.91 Å². The molecule has 5 rings (SSSR count). The number of fused-ring (bicyclic) bond motifs is 2. The first-order valence-electron chi connectivity index (χ1n) is 10.5. The summed E-state index contributed by atoms with van der Waals surface area (Å²) in [4.78, 5) is 14.6. The Morgan fingerprint density at radius 2 is 2.32 bits per heavy atom. The lowest BCUT2D eigenvalue weighted by atomic mass is 9.92. The number of aromatic nitrogens is 1. The molecule has 7 nitrogen and oxygen atoms in total. The average Bonchev–Trinajstić information content (AvgIpc) is 3.46. The van der Waals surface area contributed by atoms with Gasteiger partial charge in [-0.15, -0.1) is 0 Å². The van der Waals surface area contributed by atoms with E-state index in [1.54, 1.807) is 6.07 Å². The van der Waals surface area contributed by atoms with Gasteiger partial charge in [0.15, 0.2) is 0 Å². The molecule has 152 valence electrons. The lowest BCUT2D eigenvalue weighted by Crippen LogP contribution is -2.46. The van der Waals surface area contributed by atoms with Crippen molar-refractivity contribution in [3.63, 3.8) is 0 Å². The molecule has 1 aromatic heterocycles. The minimum atomic E-state index is -0.245. The molecule has 0 unspecified atom stereocenters. The third-order valence-electron chi connectivity index (χ3n) is 6.83. The van der Waals surface area contributed by atoms with E-state index in [4.69, 9.17) is 14.0 Å². The van der Waals surface area contributed by atoms with E-state index in [9.17, 15) is 4.79 Å². The molecule has 2 aliphatic carbocycles. The quantitative estimate of drug-likeness (QED) is 0.778. The van der Waals surface area contributed by atoms with Crippen LogP contribution in [0, 0.1) is 17.8 Å². The number of carbonyl (C=O) groups is 1. The predicted molar refractivity (Wildman–Crippen MR) is 102 cm³/mol. The molecule has 1 aromatic rings. The molecule has 3 fully saturated rings. The van der Waals surface area contributed by atoms with Gasteiger partial charge in [0.05, 0.1) is 25.5 Å². The summed E-state index contributed by atoms with van der Waals surface area (Å²) in [5.74, 6) is 2.35. The normalized spacial score (nSPS) is 37.6. The van der Waals surface area contributed by atoms with Crippen LogP contribution in [0.1, 0.15) is 36.2 Å². The minimum Gasteiger partial charge on any atom is -0.377 e. The number of ether oxygens (including phenoxy) is 2. The second kappa shape index (κ2) is 7.61. The molecule has 1 N–H and O–H groups in total. The number of amides is 1. The Hall–Kier alpha value is -1.70. The molecule has 0 radical (unpaired) electrons. The van der Waals surface area contributed by atoms with Crippen LogP contribution in [0.3, 0.4) is 0 Å².